The van der Waals surface area contributed by atoms with Crippen molar-refractivity contribution in [2.45, 2.75) is 13.0 Å². The van der Waals surface area contributed by atoms with Crippen LogP contribution in [-0.2, 0) is 9.47 Å². The van der Waals surface area contributed by atoms with Gasteiger partial charge in [0.05, 0.1) is 32.8 Å². The van der Waals surface area contributed by atoms with Crippen LogP contribution >= 0.6 is 0 Å². The molecule has 2 aliphatic heterocycles. The van der Waals surface area contributed by atoms with Crippen LogP contribution in [-0.4, -0.2) is 69.0 Å². The van der Waals surface area contributed by atoms with E-state index in [9.17, 15) is 4.79 Å². The van der Waals surface area contributed by atoms with Gasteiger partial charge in [0.1, 0.15) is 13.1 Å². The van der Waals surface area contributed by atoms with E-state index < -0.39 is 0 Å². The van der Waals surface area contributed by atoms with Crippen molar-refractivity contribution in [2.24, 2.45) is 5.73 Å². The second-order valence-corrected chi connectivity index (χ2v) is 4.63. The van der Waals surface area contributed by atoms with E-state index in [-0.39, 0.29) is 37.0 Å². The highest BCUT2D eigenvalue weighted by Gasteiger charge is 2.30. The minimum Gasteiger partial charge on any atom is -1.00 e. The van der Waals surface area contributed by atoms with Crippen molar-refractivity contribution in [3.05, 3.63) is 0 Å². The first-order valence-corrected chi connectivity index (χ1v) is 6.47. The fourth-order valence-corrected chi connectivity index (χ4v) is 2.34. The number of ether oxygens (including phenoxy) is 2. The number of piperazine rings is 1. The molecule has 0 aliphatic carbocycles. The molecule has 0 saturated carbocycles. The Kier molecular flexibility index (Phi) is 8.68. The molecule has 0 aromatic heterocycles. The number of carbonyl (C=O) groups excluding carboxylic acids is 1. The lowest BCUT2D eigenvalue weighted by Gasteiger charge is -2.32. The van der Waals surface area contributed by atoms with E-state index in [1.165, 1.54) is 4.90 Å². The summed E-state index contributed by atoms with van der Waals surface area (Å²) < 4.78 is 10.4. The Morgan fingerprint density at radius 1 is 1.50 bits per heavy atom. The summed E-state index contributed by atoms with van der Waals surface area (Å²) >= 11 is 0. The molecule has 20 heavy (non-hydrogen) atoms. The molecule has 0 spiro atoms. The summed E-state index contributed by atoms with van der Waals surface area (Å²) in [4.78, 5) is 17.7. The largest absolute Gasteiger partial charge is 1.00 e. The summed E-state index contributed by atoms with van der Waals surface area (Å²) in [6, 6.07) is 0.421. The predicted octanol–water partition coefficient (Wildman–Crippen LogP) is -9.85. The van der Waals surface area contributed by atoms with E-state index in [0.717, 1.165) is 39.3 Å². The lowest BCUT2D eigenvalue weighted by atomic mass is 10.2. The van der Waals surface area contributed by atoms with E-state index in [4.69, 9.17) is 15.2 Å². The van der Waals surface area contributed by atoms with Gasteiger partial charge in [0.15, 0.2) is 6.10 Å². The molecule has 2 rings (SSSR count). The first kappa shape index (κ1) is 19.1. The Morgan fingerprint density at radius 2 is 2.15 bits per heavy atom. The Hall–Kier alpha value is -0.920. The molecule has 1 amide bonds. The molecule has 0 radical (unpaired) electrons. The summed E-state index contributed by atoms with van der Waals surface area (Å²) in [5, 5.41) is 0. The molecule has 1 atom stereocenters. The zero-order chi connectivity index (χ0) is 13.0. The molecule has 2 aliphatic rings. The van der Waals surface area contributed by atoms with E-state index >= 15 is 0 Å². The van der Waals surface area contributed by atoms with Crippen molar-refractivity contribution in [3.63, 3.8) is 0 Å². The third-order valence-electron chi connectivity index (χ3n) is 3.31. The van der Waals surface area contributed by atoms with Crippen LogP contribution in [0.25, 0.3) is 0 Å². The topological polar surface area (TPSA) is 83.2 Å². The summed E-state index contributed by atoms with van der Waals surface area (Å²) in [5.74, 6) is 0. The van der Waals surface area contributed by atoms with Crippen LogP contribution in [0.4, 0.5) is 4.79 Å². The maximum Gasteiger partial charge on any atom is 0.440 e. The van der Waals surface area contributed by atoms with Crippen LogP contribution in [0.1, 0.15) is 6.92 Å². The van der Waals surface area contributed by atoms with Crippen LogP contribution in [0, 0.1) is 0 Å². The second-order valence-electron chi connectivity index (χ2n) is 4.63. The Bertz CT molecular complexity index is 336. The lowest BCUT2D eigenvalue weighted by molar-refractivity contribution is -0.907. The number of nitrogens with zero attached hydrogens (tertiary/aromatic N) is 1. The van der Waals surface area contributed by atoms with Crippen LogP contribution in [0.15, 0.2) is 0 Å². The Balaban J connectivity index is 0.00000180. The average Bonchev–Trinajstić information content (AvgIpc) is 2.76. The number of halogens is 2. The maximum atomic E-state index is 11.5. The minimum absolute atomic E-state index is 0. The quantitative estimate of drug-likeness (QED) is 0.480. The molecule has 1 fully saturated rings. The molecule has 4 N–H and O–H groups in total. The van der Waals surface area contributed by atoms with Gasteiger partial charge >= 0.3 is 12.1 Å². The molecule has 7 nitrogen and oxygen atoms in total. The van der Waals surface area contributed by atoms with E-state index in [0.29, 0.717) is 12.6 Å². The fourth-order valence-electron chi connectivity index (χ4n) is 2.34. The first-order valence-electron chi connectivity index (χ1n) is 6.47. The maximum absolute atomic E-state index is 11.5. The zero-order valence-electron chi connectivity index (χ0n) is 11.5. The number of rotatable bonds is 3. The number of carbonyl (C=O) groups is 1. The van der Waals surface area contributed by atoms with Gasteiger partial charge in [0, 0.05) is 0 Å². The monoisotopic (exact) mass is 328 g/mol. The van der Waals surface area contributed by atoms with Gasteiger partial charge in [-0.2, -0.15) is 0 Å². The van der Waals surface area contributed by atoms with Crippen molar-refractivity contribution >= 4 is 12.1 Å². The second kappa shape index (κ2) is 9.10. The van der Waals surface area contributed by atoms with Gasteiger partial charge in [0.2, 0.25) is 0 Å². The van der Waals surface area contributed by atoms with Gasteiger partial charge in [-0.25, -0.2) is 9.79 Å². The van der Waals surface area contributed by atoms with Gasteiger partial charge in [-0.1, -0.05) is 0 Å². The highest BCUT2D eigenvalue weighted by Crippen LogP contribution is 1.95. The number of amidine groups is 1. The van der Waals surface area contributed by atoms with E-state index in [1.54, 1.807) is 4.90 Å². The normalized spacial score (nSPS) is 22.1. The smallest absolute Gasteiger partial charge is 0.440 e. The molecule has 1 unspecified atom stereocenters. The van der Waals surface area contributed by atoms with Crippen molar-refractivity contribution < 1.29 is 49.0 Å². The van der Waals surface area contributed by atoms with Crippen LogP contribution < -0.4 is 40.4 Å². The van der Waals surface area contributed by atoms with Crippen LogP contribution in [0.3, 0.4) is 0 Å². The predicted molar refractivity (Wildman–Crippen MR) is 64.1 cm³/mol. The average molecular weight is 329 g/mol. The van der Waals surface area contributed by atoms with Crippen molar-refractivity contribution in [3.8, 4) is 0 Å². The number of hydrogen-bond acceptors (Lipinski definition) is 4. The molecule has 0 aromatic carbocycles. The van der Waals surface area contributed by atoms with Crippen molar-refractivity contribution in [2.75, 3.05) is 45.9 Å². The van der Waals surface area contributed by atoms with Crippen LogP contribution in [0.5, 0.6) is 0 Å². The standard InChI is InChI=1S/C11H20N4O3.2ClH/c1-2-17-11(16)15-5-3-14(4-6-15)8-9-7-13-10(12)18-9;;/h9H,2-8H2,1H3,(H2,12,13);2*1H. The van der Waals surface area contributed by atoms with Gasteiger partial charge < -0.3 is 39.2 Å². The summed E-state index contributed by atoms with van der Waals surface area (Å²) in [6.45, 7) is 7.30. The highest BCUT2D eigenvalue weighted by molar-refractivity contribution is 5.67. The van der Waals surface area contributed by atoms with E-state index in [2.05, 4.69) is 4.99 Å². The van der Waals surface area contributed by atoms with E-state index in [1.807, 2.05) is 6.92 Å². The number of quaternary nitrogens is 1. The molecular formula is C11H22Cl2N4O3. The summed E-state index contributed by atoms with van der Waals surface area (Å²) in [5.41, 5.74) is 5.53. The number of nitrogens with two attached hydrogens (primary N) is 1. The van der Waals surface area contributed by atoms with Crippen molar-refractivity contribution in [1.29, 1.82) is 0 Å². The van der Waals surface area contributed by atoms with Crippen LogP contribution in [0.2, 0.25) is 0 Å². The van der Waals surface area contributed by atoms with Gasteiger partial charge in [-0.15, -0.1) is 0 Å². The lowest BCUT2D eigenvalue weighted by Crippen LogP contribution is -3.16. The third-order valence-corrected chi connectivity index (χ3v) is 3.31. The minimum atomic E-state index is -0.201. The molecule has 0 bridgehead atoms. The SMILES string of the molecule is CCOC(=O)N1CC[NH+](CC2C[NH+]=C(N)O2)CC1.[Cl-].[Cl-]. The van der Waals surface area contributed by atoms with Gasteiger partial charge in [-0.3, -0.25) is 10.6 Å². The Morgan fingerprint density at radius 3 is 2.65 bits per heavy atom. The summed E-state index contributed by atoms with van der Waals surface area (Å²) in [6.07, 6.45) is -0.0537. The molecule has 118 valence electrons. The number of nitrogens with one attached hydrogen (secondary N) is 2. The number of amides is 1. The Labute approximate surface area is 131 Å². The van der Waals surface area contributed by atoms with Gasteiger partial charge in [0.25, 0.3) is 0 Å². The van der Waals surface area contributed by atoms with Crippen molar-refractivity contribution in [1.82, 2.24) is 4.90 Å². The number of hydrogen-bond donors (Lipinski definition) is 3. The summed E-state index contributed by atoms with van der Waals surface area (Å²) in [7, 11) is 0. The molecule has 0 aromatic rings. The zero-order valence-corrected chi connectivity index (χ0v) is 13.0. The molecule has 1 saturated heterocycles. The fraction of sp³-hybridized carbons (Fsp3) is 0.818. The molecule has 2 heterocycles. The molecule has 9 heteroatoms. The highest BCUT2D eigenvalue weighted by atomic mass is 35.5. The molecular weight excluding hydrogens is 307 g/mol. The van der Waals surface area contributed by atoms with Gasteiger partial charge in [-0.05, 0) is 6.92 Å². The third kappa shape index (κ3) is 5.22. The first-order chi connectivity index (χ1) is 8.69.